The van der Waals surface area contributed by atoms with E-state index in [1.807, 2.05) is 18.4 Å². The van der Waals surface area contributed by atoms with Crippen molar-refractivity contribution in [3.05, 3.63) is 46.8 Å². The zero-order valence-electron chi connectivity index (χ0n) is 12.8. The minimum absolute atomic E-state index is 0.102. The molecule has 5 heteroatoms. The molecule has 2 aromatic rings. The fourth-order valence-corrected chi connectivity index (χ4v) is 2.75. The highest BCUT2D eigenvalue weighted by Crippen LogP contribution is 2.26. The van der Waals surface area contributed by atoms with Crippen LogP contribution in [0.5, 0.6) is 5.75 Å². The van der Waals surface area contributed by atoms with Crippen molar-refractivity contribution in [1.82, 2.24) is 4.57 Å². The number of unbranched alkanes of at least 4 members (excludes halogenated alkanes) is 1. The van der Waals surface area contributed by atoms with Crippen molar-refractivity contribution < 1.29 is 20.1 Å². The largest absolute Gasteiger partial charge is 0.507 e. The summed E-state index contributed by atoms with van der Waals surface area (Å²) in [6.07, 6.45) is 2.58. The Balaban J connectivity index is 2.36. The van der Waals surface area contributed by atoms with E-state index in [0.717, 1.165) is 36.3 Å². The Morgan fingerprint density at radius 1 is 1.18 bits per heavy atom. The molecule has 0 aliphatic heterocycles. The fraction of sp³-hybridized carbons (Fsp3) is 0.353. The monoisotopic (exact) mass is 303 g/mol. The van der Waals surface area contributed by atoms with Crippen LogP contribution >= 0.6 is 0 Å². The number of aliphatic hydroxyl groups is 1. The van der Waals surface area contributed by atoms with E-state index in [2.05, 4.69) is 6.07 Å². The molecule has 1 heterocycles. The number of aromatic nitrogens is 1. The van der Waals surface area contributed by atoms with Gasteiger partial charge in [0.05, 0.1) is 0 Å². The topological polar surface area (TPSA) is 82.7 Å². The standard InChI is InChI=1S/C17H21NO4/c1-11-9-13(5-3-4-8-19)12(2)18(11)14-6-7-15(17(21)22)16(20)10-14/h6-7,9-10,19-20H,3-5,8H2,1-2H3,(H,21,22). The minimum atomic E-state index is -1.14. The van der Waals surface area contributed by atoms with E-state index in [0.29, 0.717) is 0 Å². The predicted molar refractivity (Wildman–Crippen MR) is 83.9 cm³/mol. The van der Waals surface area contributed by atoms with E-state index in [1.165, 1.54) is 17.7 Å². The molecule has 0 fully saturated rings. The molecule has 2 rings (SSSR count). The van der Waals surface area contributed by atoms with Crippen LogP contribution in [0.1, 0.15) is 40.2 Å². The van der Waals surface area contributed by atoms with Crippen molar-refractivity contribution in [1.29, 1.82) is 0 Å². The molecular formula is C17H21NO4. The lowest BCUT2D eigenvalue weighted by molar-refractivity contribution is 0.0694. The summed E-state index contributed by atoms with van der Waals surface area (Å²) in [5.41, 5.74) is 3.94. The molecule has 22 heavy (non-hydrogen) atoms. The number of aryl methyl sites for hydroxylation is 2. The highest BCUT2D eigenvalue weighted by atomic mass is 16.4. The van der Waals surface area contributed by atoms with Crippen LogP contribution in [-0.2, 0) is 6.42 Å². The number of carbonyl (C=O) groups is 1. The van der Waals surface area contributed by atoms with Gasteiger partial charge in [-0.1, -0.05) is 0 Å². The summed E-state index contributed by atoms with van der Waals surface area (Å²) in [5, 5.41) is 27.7. The summed E-state index contributed by atoms with van der Waals surface area (Å²) in [5.74, 6) is -1.38. The first-order chi connectivity index (χ1) is 10.5. The number of aliphatic hydroxyl groups excluding tert-OH is 1. The minimum Gasteiger partial charge on any atom is -0.507 e. The Labute approximate surface area is 129 Å². The highest BCUT2D eigenvalue weighted by molar-refractivity contribution is 5.91. The molecule has 0 saturated heterocycles. The fourth-order valence-electron chi connectivity index (χ4n) is 2.75. The summed E-state index contributed by atoms with van der Waals surface area (Å²) in [4.78, 5) is 11.0. The molecule has 0 aliphatic rings. The normalized spacial score (nSPS) is 10.9. The number of carboxylic acids is 1. The van der Waals surface area contributed by atoms with Gasteiger partial charge in [0.25, 0.3) is 0 Å². The summed E-state index contributed by atoms with van der Waals surface area (Å²) >= 11 is 0. The van der Waals surface area contributed by atoms with Crippen molar-refractivity contribution in [2.45, 2.75) is 33.1 Å². The van der Waals surface area contributed by atoms with Gasteiger partial charge in [0.1, 0.15) is 11.3 Å². The zero-order chi connectivity index (χ0) is 16.3. The zero-order valence-corrected chi connectivity index (χ0v) is 12.8. The van der Waals surface area contributed by atoms with E-state index in [1.54, 1.807) is 6.07 Å². The number of rotatable bonds is 6. The molecule has 0 amide bonds. The second-order valence-electron chi connectivity index (χ2n) is 5.42. The van der Waals surface area contributed by atoms with Gasteiger partial charge in [0.2, 0.25) is 0 Å². The lowest BCUT2D eigenvalue weighted by atomic mass is 10.1. The van der Waals surface area contributed by atoms with Gasteiger partial charge in [-0.3, -0.25) is 0 Å². The number of aromatic hydroxyl groups is 1. The van der Waals surface area contributed by atoms with Gasteiger partial charge in [0.15, 0.2) is 0 Å². The second-order valence-corrected chi connectivity index (χ2v) is 5.42. The SMILES string of the molecule is Cc1cc(CCCCO)c(C)n1-c1ccc(C(=O)O)c(O)c1. The van der Waals surface area contributed by atoms with E-state index in [4.69, 9.17) is 10.2 Å². The first kappa shape index (κ1) is 16.1. The molecule has 0 radical (unpaired) electrons. The van der Waals surface area contributed by atoms with Crippen molar-refractivity contribution >= 4 is 5.97 Å². The third-order valence-electron chi connectivity index (χ3n) is 3.86. The van der Waals surface area contributed by atoms with E-state index >= 15 is 0 Å². The Kier molecular flexibility index (Phi) is 4.88. The lowest BCUT2D eigenvalue weighted by Crippen LogP contribution is -2.02. The van der Waals surface area contributed by atoms with Gasteiger partial charge in [0, 0.05) is 29.7 Å². The molecular weight excluding hydrogens is 282 g/mol. The Hall–Kier alpha value is -2.27. The van der Waals surface area contributed by atoms with Crippen molar-refractivity contribution in [2.75, 3.05) is 6.61 Å². The highest BCUT2D eigenvalue weighted by Gasteiger charge is 2.14. The number of nitrogens with zero attached hydrogens (tertiary/aromatic N) is 1. The van der Waals surface area contributed by atoms with E-state index in [-0.39, 0.29) is 17.9 Å². The van der Waals surface area contributed by atoms with Gasteiger partial charge in [-0.15, -0.1) is 0 Å². The molecule has 0 saturated carbocycles. The molecule has 0 unspecified atom stereocenters. The number of aromatic carboxylic acids is 1. The number of carboxylic acid groups (broad SMARTS) is 1. The number of phenols is 1. The van der Waals surface area contributed by atoms with Gasteiger partial charge < -0.3 is 19.9 Å². The predicted octanol–water partition coefficient (Wildman–Crippen LogP) is 2.81. The van der Waals surface area contributed by atoms with Crippen LogP contribution < -0.4 is 0 Å². The smallest absolute Gasteiger partial charge is 0.339 e. The van der Waals surface area contributed by atoms with Crippen LogP contribution in [0.4, 0.5) is 0 Å². The summed E-state index contributed by atoms with van der Waals surface area (Å²) < 4.78 is 2.00. The first-order valence-electron chi connectivity index (χ1n) is 7.31. The van der Waals surface area contributed by atoms with Crippen LogP contribution in [0.2, 0.25) is 0 Å². The maximum Gasteiger partial charge on any atom is 0.339 e. The van der Waals surface area contributed by atoms with Crippen LogP contribution in [0, 0.1) is 13.8 Å². The molecule has 0 atom stereocenters. The molecule has 0 spiro atoms. The van der Waals surface area contributed by atoms with Crippen LogP contribution in [0.15, 0.2) is 24.3 Å². The second kappa shape index (κ2) is 6.66. The summed E-state index contributed by atoms with van der Waals surface area (Å²) in [6, 6.07) is 6.67. The molecule has 0 aliphatic carbocycles. The Bertz CT molecular complexity index is 688. The maximum absolute atomic E-state index is 11.0. The lowest BCUT2D eigenvalue weighted by Gasteiger charge is -2.11. The van der Waals surface area contributed by atoms with Gasteiger partial charge >= 0.3 is 5.97 Å². The van der Waals surface area contributed by atoms with Crippen LogP contribution in [-0.4, -0.2) is 32.5 Å². The molecule has 5 nitrogen and oxygen atoms in total. The van der Waals surface area contributed by atoms with Crippen molar-refractivity contribution in [3.8, 4) is 11.4 Å². The Morgan fingerprint density at radius 3 is 2.50 bits per heavy atom. The molecule has 118 valence electrons. The summed E-state index contributed by atoms with van der Waals surface area (Å²) in [6.45, 7) is 4.18. The van der Waals surface area contributed by atoms with E-state index in [9.17, 15) is 9.90 Å². The van der Waals surface area contributed by atoms with Crippen molar-refractivity contribution in [3.63, 3.8) is 0 Å². The number of hydrogen-bond donors (Lipinski definition) is 3. The van der Waals surface area contributed by atoms with E-state index < -0.39 is 5.97 Å². The van der Waals surface area contributed by atoms with Gasteiger partial charge in [-0.05, 0) is 56.9 Å². The van der Waals surface area contributed by atoms with Crippen LogP contribution in [0.25, 0.3) is 5.69 Å². The van der Waals surface area contributed by atoms with Gasteiger partial charge in [-0.2, -0.15) is 0 Å². The molecule has 1 aromatic carbocycles. The van der Waals surface area contributed by atoms with Crippen LogP contribution in [0.3, 0.4) is 0 Å². The maximum atomic E-state index is 11.0. The van der Waals surface area contributed by atoms with Crippen molar-refractivity contribution in [2.24, 2.45) is 0 Å². The third-order valence-corrected chi connectivity index (χ3v) is 3.86. The molecule has 3 N–H and O–H groups in total. The molecule has 0 bridgehead atoms. The summed E-state index contributed by atoms with van der Waals surface area (Å²) in [7, 11) is 0. The van der Waals surface area contributed by atoms with Gasteiger partial charge in [-0.25, -0.2) is 4.79 Å². The quantitative estimate of drug-likeness (QED) is 0.717. The third kappa shape index (κ3) is 3.14. The average molecular weight is 303 g/mol. The first-order valence-corrected chi connectivity index (χ1v) is 7.31. The number of hydrogen-bond acceptors (Lipinski definition) is 3. The Morgan fingerprint density at radius 2 is 1.91 bits per heavy atom. The molecule has 1 aromatic heterocycles. The average Bonchev–Trinajstić information content (AvgIpc) is 2.73. The number of benzene rings is 1.